The summed E-state index contributed by atoms with van der Waals surface area (Å²) in [6.45, 7) is 0.669. The standard InChI is InChI=1S/C19H19Cl2NO3/c1-25-16-10-3-2-6-12(16)18(13-7-4-8-14(20)17(13)21)22-11-5-9-15(22)19(23)24/h2-4,6-8,10,15,18H,5,9,11H2,1H3,(H,23,24). The van der Waals surface area contributed by atoms with Crippen molar-refractivity contribution in [2.45, 2.75) is 24.9 Å². The Hall–Kier alpha value is -1.75. The Balaban J connectivity index is 2.18. The van der Waals surface area contributed by atoms with Crippen LogP contribution in [-0.4, -0.2) is 35.7 Å². The van der Waals surface area contributed by atoms with Crippen LogP contribution in [-0.2, 0) is 4.79 Å². The maximum absolute atomic E-state index is 11.8. The molecule has 0 aromatic heterocycles. The van der Waals surface area contributed by atoms with Crippen LogP contribution in [0.5, 0.6) is 5.75 Å². The Morgan fingerprint density at radius 3 is 2.64 bits per heavy atom. The van der Waals surface area contributed by atoms with Gasteiger partial charge in [0.15, 0.2) is 0 Å². The SMILES string of the molecule is COc1ccccc1C(c1cccc(Cl)c1Cl)N1CCCC1C(=O)O. The van der Waals surface area contributed by atoms with Crippen molar-refractivity contribution in [1.82, 2.24) is 4.90 Å². The van der Waals surface area contributed by atoms with Gasteiger partial charge >= 0.3 is 5.97 Å². The van der Waals surface area contributed by atoms with Crippen LogP contribution in [0, 0.1) is 0 Å². The lowest BCUT2D eigenvalue weighted by Crippen LogP contribution is -2.39. The first-order valence-corrected chi connectivity index (χ1v) is 8.85. The van der Waals surface area contributed by atoms with Gasteiger partial charge in [-0.2, -0.15) is 0 Å². The van der Waals surface area contributed by atoms with Crippen molar-refractivity contribution in [3.63, 3.8) is 0 Å². The lowest BCUT2D eigenvalue weighted by atomic mass is 9.95. The highest BCUT2D eigenvalue weighted by molar-refractivity contribution is 6.42. The molecule has 0 aliphatic carbocycles. The summed E-state index contributed by atoms with van der Waals surface area (Å²) in [5, 5.41) is 10.5. The van der Waals surface area contributed by atoms with E-state index in [9.17, 15) is 9.90 Å². The minimum atomic E-state index is -0.824. The third kappa shape index (κ3) is 3.47. The van der Waals surface area contributed by atoms with E-state index < -0.39 is 12.0 Å². The molecule has 1 saturated heterocycles. The monoisotopic (exact) mass is 379 g/mol. The van der Waals surface area contributed by atoms with Crippen LogP contribution in [0.1, 0.15) is 30.0 Å². The van der Waals surface area contributed by atoms with Crippen molar-refractivity contribution in [3.8, 4) is 5.75 Å². The number of nitrogens with zero attached hydrogens (tertiary/aromatic N) is 1. The van der Waals surface area contributed by atoms with Gasteiger partial charge < -0.3 is 9.84 Å². The van der Waals surface area contributed by atoms with E-state index in [-0.39, 0.29) is 6.04 Å². The number of para-hydroxylation sites is 1. The molecule has 3 rings (SSSR count). The molecular weight excluding hydrogens is 361 g/mol. The van der Waals surface area contributed by atoms with Crippen molar-refractivity contribution >= 4 is 29.2 Å². The minimum absolute atomic E-state index is 0.342. The largest absolute Gasteiger partial charge is 0.496 e. The Kier molecular flexibility index (Phi) is 5.52. The predicted octanol–water partition coefficient (Wildman–Crippen LogP) is 4.64. The number of hydrogen-bond donors (Lipinski definition) is 1. The normalized spacial score (nSPS) is 18.9. The predicted molar refractivity (Wildman–Crippen MR) is 98.7 cm³/mol. The molecule has 1 heterocycles. The zero-order valence-electron chi connectivity index (χ0n) is 13.8. The van der Waals surface area contributed by atoms with Crippen LogP contribution in [0.25, 0.3) is 0 Å². The average Bonchev–Trinajstić information content (AvgIpc) is 3.09. The van der Waals surface area contributed by atoms with Crippen LogP contribution in [0.3, 0.4) is 0 Å². The molecule has 132 valence electrons. The van der Waals surface area contributed by atoms with E-state index in [1.807, 2.05) is 41.3 Å². The molecule has 0 radical (unpaired) electrons. The van der Waals surface area contributed by atoms with Gasteiger partial charge in [0.25, 0.3) is 0 Å². The number of rotatable bonds is 5. The second-order valence-electron chi connectivity index (χ2n) is 6.02. The molecular formula is C19H19Cl2NO3. The number of carbonyl (C=O) groups is 1. The molecule has 1 N–H and O–H groups in total. The van der Waals surface area contributed by atoms with Crippen LogP contribution in [0.15, 0.2) is 42.5 Å². The first-order chi connectivity index (χ1) is 12.0. The maximum atomic E-state index is 11.8. The number of methoxy groups -OCH3 is 1. The summed E-state index contributed by atoms with van der Waals surface area (Å²) in [6, 6.07) is 12.2. The van der Waals surface area contributed by atoms with Gasteiger partial charge in [-0.1, -0.05) is 53.5 Å². The molecule has 2 unspecified atom stereocenters. The van der Waals surface area contributed by atoms with Gasteiger partial charge in [0, 0.05) is 12.1 Å². The molecule has 0 spiro atoms. The van der Waals surface area contributed by atoms with Crippen molar-refractivity contribution in [2.24, 2.45) is 0 Å². The number of ether oxygens (including phenoxy) is 1. The summed E-state index contributed by atoms with van der Waals surface area (Å²) in [6.07, 6.45) is 1.43. The summed E-state index contributed by atoms with van der Waals surface area (Å²) < 4.78 is 5.52. The lowest BCUT2D eigenvalue weighted by Gasteiger charge is -2.33. The van der Waals surface area contributed by atoms with E-state index in [4.69, 9.17) is 27.9 Å². The van der Waals surface area contributed by atoms with Gasteiger partial charge in [0.2, 0.25) is 0 Å². The number of aliphatic carboxylic acids is 1. The fourth-order valence-electron chi connectivity index (χ4n) is 3.51. The Bertz CT molecular complexity index is 781. The molecule has 1 aliphatic heterocycles. The second kappa shape index (κ2) is 7.65. The highest BCUT2D eigenvalue weighted by atomic mass is 35.5. The molecule has 0 amide bonds. The van der Waals surface area contributed by atoms with Crippen LogP contribution in [0.2, 0.25) is 10.0 Å². The van der Waals surface area contributed by atoms with Gasteiger partial charge in [0.1, 0.15) is 11.8 Å². The average molecular weight is 380 g/mol. The summed E-state index contributed by atoms with van der Waals surface area (Å²) in [5.74, 6) is -0.130. The summed E-state index contributed by atoms with van der Waals surface area (Å²) in [5.41, 5.74) is 1.66. The molecule has 6 heteroatoms. The zero-order valence-corrected chi connectivity index (χ0v) is 15.3. The van der Waals surface area contributed by atoms with Gasteiger partial charge in [-0.05, 0) is 30.5 Å². The number of benzene rings is 2. The van der Waals surface area contributed by atoms with Crippen molar-refractivity contribution in [2.75, 3.05) is 13.7 Å². The van der Waals surface area contributed by atoms with Gasteiger partial charge in [0.05, 0.1) is 23.2 Å². The molecule has 25 heavy (non-hydrogen) atoms. The molecule has 0 saturated carbocycles. The van der Waals surface area contributed by atoms with E-state index in [0.717, 1.165) is 17.5 Å². The van der Waals surface area contributed by atoms with E-state index in [1.54, 1.807) is 13.2 Å². The number of halogens is 2. The molecule has 1 aliphatic rings. The highest BCUT2D eigenvalue weighted by Gasteiger charge is 2.38. The quantitative estimate of drug-likeness (QED) is 0.821. The van der Waals surface area contributed by atoms with Crippen molar-refractivity contribution in [1.29, 1.82) is 0 Å². The molecule has 1 fully saturated rings. The Morgan fingerprint density at radius 2 is 1.92 bits per heavy atom. The third-order valence-corrected chi connectivity index (χ3v) is 5.45. The number of carboxylic acid groups (broad SMARTS) is 1. The minimum Gasteiger partial charge on any atom is -0.496 e. The Morgan fingerprint density at radius 1 is 1.20 bits per heavy atom. The first-order valence-electron chi connectivity index (χ1n) is 8.10. The van der Waals surface area contributed by atoms with Gasteiger partial charge in [-0.25, -0.2) is 0 Å². The van der Waals surface area contributed by atoms with Crippen molar-refractivity contribution < 1.29 is 14.6 Å². The third-order valence-electron chi connectivity index (χ3n) is 4.62. The number of likely N-dealkylation sites (tertiary alicyclic amines) is 1. The number of carboxylic acids is 1. The summed E-state index contributed by atoms with van der Waals surface area (Å²) in [7, 11) is 1.61. The van der Waals surface area contributed by atoms with E-state index in [2.05, 4.69) is 0 Å². The van der Waals surface area contributed by atoms with E-state index in [1.165, 1.54) is 0 Å². The molecule has 2 aromatic carbocycles. The van der Waals surface area contributed by atoms with Crippen LogP contribution >= 0.6 is 23.2 Å². The lowest BCUT2D eigenvalue weighted by molar-refractivity contribution is -0.142. The Labute approximate surface area is 156 Å². The summed E-state index contributed by atoms with van der Waals surface area (Å²) >= 11 is 12.7. The smallest absolute Gasteiger partial charge is 0.320 e. The molecule has 4 nitrogen and oxygen atoms in total. The van der Waals surface area contributed by atoms with Crippen LogP contribution in [0.4, 0.5) is 0 Å². The second-order valence-corrected chi connectivity index (χ2v) is 6.81. The van der Waals surface area contributed by atoms with Gasteiger partial charge in [-0.15, -0.1) is 0 Å². The van der Waals surface area contributed by atoms with Gasteiger partial charge in [-0.3, -0.25) is 9.69 Å². The maximum Gasteiger partial charge on any atom is 0.320 e. The number of hydrogen-bond acceptors (Lipinski definition) is 3. The fraction of sp³-hybridized carbons (Fsp3) is 0.316. The molecule has 0 bridgehead atoms. The summed E-state index contributed by atoms with van der Waals surface area (Å²) in [4.78, 5) is 13.7. The van der Waals surface area contributed by atoms with E-state index >= 15 is 0 Å². The molecule has 2 atom stereocenters. The fourth-order valence-corrected chi connectivity index (χ4v) is 3.92. The molecule has 2 aromatic rings. The van der Waals surface area contributed by atoms with E-state index in [0.29, 0.717) is 28.8 Å². The zero-order chi connectivity index (χ0) is 18.0. The van der Waals surface area contributed by atoms with Crippen LogP contribution < -0.4 is 4.74 Å². The topological polar surface area (TPSA) is 49.8 Å². The highest BCUT2D eigenvalue weighted by Crippen LogP contribution is 2.42. The van der Waals surface area contributed by atoms with Crippen molar-refractivity contribution in [3.05, 3.63) is 63.6 Å². The first kappa shape index (κ1) is 18.1.